The quantitative estimate of drug-likeness (QED) is 0.868. The van der Waals surface area contributed by atoms with Gasteiger partial charge in [-0.15, -0.1) is 0 Å². The SMILES string of the molecule is COc1ccc(O)c(C(C)NC(C)c2ccc(C)cc2)c1. The molecule has 2 unspecified atom stereocenters. The minimum atomic E-state index is 0.0244. The molecule has 2 aromatic rings. The van der Waals surface area contributed by atoms with Gasteiger partial charge in [0, 0.05) is 17.6 Å². The number of hydrogen-bond acceptors (Lipinski definition) is 3. The van der Waals surface area contributed by atoms with Gasteiger partial charge in [0.05, 0.1) is 7.11 Å². The fourth-order valence-electron chi connectivity index (χ4n) is 2.42. The Morgan fingerprint density at radius 3 is 2.29 bits per heavy atom. The molecule has 0 heterocycles. The summed E-state index contributed by atoms with van der Waals surface area (Å²) >= 11 is 0. The number of hydrogen-bond donors (Lipinski definition) is 2. The van der Waals surface area contributed by atoms with Gasteiger partial charge in [-0.05, 0) is 44.5 Å². The van der Waals surface area contributed by atoms with E-state index >= 15 is 0 Å². The fraction of sp³-hybridized carbons (Fsp3) is 0.333. The number of benzene rings is 2. The highest BCUT2D eigenvalue weighted by atomic mass is 16.5. The van der Waals surface area contributed by atoms with Gasteiger partial charge in [-0.3, -0.25) is 0 Å². The van der Waals surface area contributed by atoms with Crippen molar-refractivity contribution in [1.29, 1.82) is 0 Å². The summed E-state index contributed by atoms with van der Waals surface area (Å²) in [6, 6.07) is 14.0. The maximum Gasteiger partial charge on any atom is 0.120 e. The molecule has 2 rings (SSSR count). The van der Waals surface area contributed by atoms with Crippen LogP contribution in [-0.2, 0) is 0 Å². The van der Waals surface area contributed by atoms with Gasteiger partial charge >= 0.3 is 0 Å². The van der Waals surface area contributed by atoms with E-state index in [-0.39, 0.29) is 17.8 Å². The van der Waals surface area contributed by atoms with Crippen LogP contribution < -0.4 is 10.1 Å². The summed E-state index contributed by atoms with van der Waals surface area (Å²) in [5, 5.41) is 13.5. The number of aryl methyl sites for hydroxylation is 1. The van der Waals surface area contributed by atoms with Crippen molar-refractivity contribution in [2.24, 2.45) is 0 Å². The van der Waals surface area contributed by atoms with Crippen molar-refractivity contribution in [3.05, 3.63) is 59.2 Å². The Balaban J connectivity index is 2.13. The highest BCUT2D eigenvalue weighted by molar-refractivity contribution is 5.41. The van der Waals surface area contributed by atoms with Gasteiger partial charge in [-0.25, -0.2) is 0 Å². The number of nitrogens with one attached hydrogen (secondary N) is 1. The van der Waals surface area contributed by atoms with E-state index in [1.54, 1.807) is 19.2 Å². The van der Waals surface area contributed by atoms with Crippen molar-refractivity contribution in [2.75, 3.05) is 7.11 Å². The second-order valence-corrected chi connectivity index (χ2v) is 5.45. The molecule has 2 aromatic carbocycles. The molecule has 0 aliphatic carbocycles. The summed E-state index contributed by atoms with van der Waals surface area (Å²) in [6.07, 6.45) is 0. The van der Waals surface area contributed by atoms with Crippen molar-refractivity contribution in [3.8, 4) is 11.5 Å². The zero-order valence-electron chi connectivity index (χ0n) is 13.1. The van der Waals surface area contributed by atoms with Crippen LogP contribution >= 0.6 is 0 Å². The van der Waals surface area contributed by atoms with E-state index < -0.39 is 0 Å². The van der Waals surface area contributed by atoms with Crippen LogP contribution in [0.25, 0.3) is 0 Å². The average Bonchev–Trinajstić information content (AvgIpc) is 2.48. The molecular formula is C18H23NO2. The van der Waals surface area contributed by atoms with E-state index in [2.05, 4.69) is 43.4 Å². The zero-order valence-corrected chi connectivity index (χ0v) is 13.1. The van der Waals surface area contributed by atoms with Crippen molar-refractivity contribution >= 4 is 0 Å². The second kappa shape index (κ2) is 6.64. The largest absolute Gasteiger partial charge is 0.508 e. The number of phenols is 1. The molecule has 0 bridgehead atoms. The first-order valence-electron chi connectivity index (χ1n) is 7.20. The molecule has 0 aliphatic rings. The first kappa shape index (κ1) is 15.4. The average molecular weight is 285 g/mol. The molecule has 0 saturated carbocycles. The van der Waals surface area contributed by atoms with E-state index in [1.807, 2.05) is 13.0 Å². The lowest BCUT2D eigenvalue weighted by Crippen LogP contribution is -2.22. The Morgan fingerprint density at radius 1 is 1.00 bits per heavy atom. The molecule has 0 amide bonds. The number of methoxy groups -OCH3 is 1. The molecule has 0 radical (unpaired) electrons. The minimum absolute atomic E-state index is 0.0244. The smallest absolute Gasteiger partial charge is 0.120 e. The van der Waals surface area contributed by atoms with Crippen LogP contribution in [0.1, 0.15) is 42.6 Å². The van der Waals surface area contributed by atoms with Crippen molar-refractivity contribution in [1.82, 2.24) is 5.32 Å². The summed E-state index contributed by atoms with van der Waals surface area (Å²) in [5.41, 5.74) is 3.33. The predicted molar refractivity (Wildman–Crippen MR) is 85.8 cm³/mol. The van der Waals surface area contributed by atoms with Gasteiger partial charge in [-0.2, -0.15) is 0 Å². The molecule has 0 spiro atoms. The Labute approximate surface area is 126 Å². The molecule has 3 nitrogen and oxygen atoms in total. The van der Waals surface area contributed by atoms with Gasteiger partial charge in [0.25, 0.3) is 0 Å². The summed E-state index contributed by atoms with van der Waals surface area (Å²) in [5.74, 6) is 1.03. The molecule has 112 valence electrons. The van der Waals surface area contributed by atoms with E-state index in [0.717, 1.165) is 11.3 Å². The molecule has 0 saturated heterocycles. The van der Waals surface area contributed by atoms with Crippen molar-refractivity contribution in [3.63, 3.8) is 0 Å². The van der Waals surface area contributed by atoms with Crippen LogP contribution in [0.15, 0.2) is 42.5 Å². The Hall–Kier alpha value is -2.00. The first-order valence-corrected chi connectivity index (χ1v) is 7.20. The third kappa shape index (κ3) is 3.76. The van der Waals surface area contributed by atoms with Gasteiger partial charge in [0.2, 0.25) is 0 Å². The van der Waals surface area contributed by atoms with Crippen molar-refractivity contribution < 1.29 is 9.84 Å². The lowest BCUT2D eigenvalue weighted by Gasteiger charge is -2.22. The first-order chi connectivity index (χ1) is 10.0. The van der Waals surface area contributed by atoms with Crippen LogP contribution in [-0.4, -0.2) is 12.2 Å². The Bertz CT molecular complexity index is 593. The molecule has 2 N–H and O–H groups in total. The lowest BCUT2D eigenvalue weighted by molar-refractivity contribution is 0.405. The van der Waals surface area contributed by atoms with Crippen LogP contribution in [0.3, 0.4) is 0 Å². The number of aromatic hydroxyl groups is 1. The maximum atomic E-state index is 10.0. The van der Waals surface area contributed by atoms with Gasteiger partial charge in [-0.1, -0.05) is 29.8 Å². The third-order valence-electron chi connectivity index (χ3n) is 3.78. The highest BCUT2D eigenvalue weighted by Gasteiger charge is 2.15. The standard InChI is InChI=1S/C18H23NO2/c1-12-5-7-15(8-6-12)13(2)19-14(3)17-11-16(21-4)9-10-18(17)20/h5-11,13-14,19-20H,1-4H3. The summed E-state index contributed by atoms with van der Waals surface area (Å²) in [7, 11) is 1.63. The molecule has 0 aromatic heterocycles. The molecule has 3 heteroatoms. The Morgan fingerprint density at radius 2 is 1.67 bits per heavy atom. The zero-order chi connectivity index (χ0) is 15.4. The molecule has 21 heavy (non-hydrogen) atoms. The van der Waals surface area contributed by atoms with Crippen molar-refractivity contribution in [2.45, 2.75) is 32.9 Å². The van der Waals surface area contributed by atoms with E-state index in [0.29, 0.717) is 0 Å². The predicted octanol–water partition coefficient (Wildman–Crippen LogP) is 4.12. The lowest BCUT2D eigenvalue weighted by atomic mass is 10.0. The van der Waals surface area contributed by atoms with E-state index in [4.69, 9.17) is 4.74 Å². The third-order valence-corrected chi connectivity index (χ3v) is 3.78. The van der Waals surface area contributed by atoms with Gasteiger partial charge in [0.15, 0.2) is 0 Å². The van der Waals surface area contributed by atoms with Crippen LogP contribution in [0.5, 0.6) is 11.5 Å². The number of rotatable bonds is 5. The van der Waals surface area contributed by atoms with Gasteiger partial charge < -0.3 is 15.2 Å². The minimum Gasteiger partial charge on any atom is -0.508 e. The number of ether oxygens (including phenoxy) is 1. The maximum absolute atomic E-state index is 10.0. The normalized spacial score (nSPS) is 13.7. The van der Waals surface area contributed by atoms with Crippen LogP contribution in [0.4, 0.5) is 0 Å². The molecule has 0 aliphatic heterocycles. The highest BCUT2D eigenvalue weighted by Crippen LogP contribution is 2.29. The molecular weight excluding hydrogens is 262 g/mol. The monoisotopic (exact) mass is 285 g/mol. The summed E-state index contributed by atoms with van der Waals surface area (Å²) in [6.45, 7) is 6.25. The Kier molecular flexibility index (Phi) is 4.86. The van der Waals surface area contributed by atoms with Crippen LogP contribution in [0.2, 0.25) is 0 Å². The topological polar surface area (TPSA) is 41.5 Å². The van der Waals surface area contributed by atoms with E-state index in [9.17, 15) is 5.11 Å². The molecule has 0 fully saturated rings. The fourth-order valence-corrected chi connectivity index (χ4v) is 2.42. The van der Waals surface area contributed by atoms with Crippen LogP contribution in [0, 0.1) is 6.92 Å². The molecule has 2 atom stereocenters. The second-order valence-electron chi connectivity index (χ2n) is 5.45. The summed E-state index contributed by atoms with van der Waals surface area (Å²) in [4.78, 5) is 0. The van der Waals surface area contributed by atoms with E-state index in [1.165, 1.54) is 11.1 Å². The summed E-state index contributed by atoms with van der Waals surface area (Å²) < 4.78 is 5.22. The number of phenolic OH excluding ortho intramolecular Hbond substituents is 1. The van der Waals surface area contributed by atoms with Gasteiger partial charge in [0.1, 0.15) is 11.5 Å².